The molecule has 1 heterocycles. The first-order valence-electron chi connectivity index (χ1n) is 7.72. The molecule has 0 bridgehead atoms. The molecule has 1 aromatic heterocycles. The van der Waals surface area contributed by atoms with Crippen molar-refractivity contribution in [2.75, 3.05) is 26.1 Å². The summed E-state index contributed by atoms with van der Waals surface area (Å²) in [7, 11) is 5.26. The van der Waals surface area contributed by atoms with Gasteiger partial charge in [0.2, 0.25) is 0 Å². The lowest BCUT2D eigenvalue weighted by molar-refractivity contribution is 0.311. The fourth-order valence-corrected chi connectivity index (χ4v) is 2.11. The quantitative estimate of drug-likeness (QED) is 0.619. The Labute approximate surface area is 141 Å². The van der Waals surface area contributed by atoms with E-state index in [0.29, 0.717) is 30.6 Å². The highest BCUT2D eigenvalue weighted by atomic mass is 16.5. The molecule has 0 radical (unpaired) electrons. The average molecular weight is 332 g/mol. The van der Waals surface area contributed by atoms with Crippen molar-refractivity contribution >= 4 is 11.6 Å². The molecule has 0 unspecified atom stereocenters. The Balaban J connectivity index is 2.04. The number of aromatic nitrogens is 3. The van der Waals surface area contributed by atoms with Crippen LogP contribution in [0.5, 0.6) is 11.5 Å². The molecule has 0 spiro atoms. The molecule has 0 fully saturated rings. The minimum Gasteiger partial charge on any atom is -0.493 e. The van der Waals surface area contributed by atoms with E-state index in [0.717, 1.165) is 17.3 Å². The number of benzene rings is 1. The summed E-state index contributed by atoms with van der Waals surface area (Å²) in [6.07, 6.45) is 0. The van der Waals surface area contributed by atoms with Crippen LogP contribution in [-0.4, -0.2) is 41.5 Å². The summed E-state index contributed by atoms with van der Waals surface area (Å²) in [5.74, 6) is 3.71. The third kappa shape index (κ3) is 4.15. The van der Waals surface area contributed by atoms with Crippen LogP contribution >= 0.6 is 0 Å². The maximum absolute atomic E-state index is 5.58. The number of anilines is 1. The van der Waals surface area contributed by atoms with Gasteiger partial charge in [-0.3, -0.25) is 4.99 Å². The summed E-state index contributed by atoms with van der Waals surface area (Å²) in [5.41, 5.74) is 0.849. The molecule has 0 aliphatic carbocycles. The van der Waals surface area contributed by atoms with Crippen molar-refractivity contribution in [2.45, 2.75) is 20.4 Å². The molecule has 0 aliphatic rings. The first-order valence-corrected chi connectivity index (χ1v) is 7.72. The number of aryl methyl sites for hydroxylation is 1. The predicted octanol–water partition coefficient (Wildman–Crippen LogP) is 1.72. The van der Waals surface area contributed by atoms with Gasteiger partial charge in [-0.25, -0.2) is 0 Å². The van der Waals surface area contributed by atoms with Gasteiger partial charge in [0.15, 0.2) is 23.3 Å². The highest BCUT2D eigenvalue weighted by Crippen LogP contribution is 2.30. The van der Waals surface area contributed by atoms with E-state index in [2.05, 4.69) is 25.8 Å². The van der Waals surface area contributed by atoms with Gasteiger partial charge < -0.3 is 24.7 Å². The lowest BCUT2D eigenvalue weighted by Gasteiger charge is -2.14. The van der Waals surface area contributed by atoms with Gasteiger partial charge in [0.05, 0.1) is 20.3 Å². The third-order valence-electron chi connectivity index (χ3n) is 3.55. The van der Waals surface area contributed by atoms with Gasteiger partial charge >= 0.3 is 0 Å². The largest absolute Gasteiger partial charge is 0.493 e. The summed E-state index contributed by atoms with van der Waals surface area (Å²) < 4.78 is 12.8. The number of hydrogen-bond donors (Lipinski definition) is 2. The summed E-state index contributed by atoms with van der Waals surface area (Å²) in [5, 5.41) is 14.6. The average Bonchev–Trinajstić information content (AvgIpc) is 2.91. The summed E-state index contributed by atoms with van der Waals surface area (Å²) in [6.45, 7) is 4.93. The van der Waals surface area contributed by atoms with E-state index < -0.39 is 0 Å². The molecule has 2 rings (SSSR count). The van der Waals surface area contributed by atoms with Crippen LogP contribution in [-0.2, 0) is 13.6 Å². The summed E-state index contributed by atoms with van der Waals surface area (Å²) in [4.78, 5) is 4.22. The minimum absolute atomic E-state index is 0.519. The van der Waals surface area contributed by atoms with Crippen molar-refractivity contribution < 1.29 is 9.47 Å². The lowest BCUT2D eigenvalue weighted by Crippen LogP contribution is -2.31. The standard InChI is InChI=1S/C16H24N6O2/c1-6-24-14-9-12(7-8-13(14)23-5)19-16(17-3)18-10-15-21-20-11(2)22(15)4/h7-9H,6,10H2,1-5H3,(H2,17,18,19). The smallest absolute Gasteiger partial charge is 0.195 e. The number of rotatable bonds is 6. The Morgan fingerprint density at radius 1 is 1.29 bits per heavy atom. The van der Waals surface area contributed by atoms with Crippen molar-refractivity contribution in [1.82, 2.24) is 20.1 Å². The topological polar surface area (TPSA) is 85.6 Å². The molecule has 2 aromatic rings. The number of nitrogens with zero attached hydrogens (tertiary/aromatic N) is 4. The first-order chi connectivity index (χ1) is 11.6. The molecule has 8 heteroatoms. The van der Waals surface area contributed by atoms with Crippen LogP contribution in [0, 0.1) is 6.92 Å². The Morgan fingerprint density at radius 3 is 2.67 bits per heavy atom. The molecule has 0 atom stereocenters. The van der Waals surface area contributed by atoms with Crippen LogP contribution in [0.3, 0.4) is 0 Å². The van der Waals surface area contributed by atoms with Crippen molar-refractivity contribution in [2.24, 2.45) is 12.0 Å². The van der Waals surface area contributed by atoms with Gasteiger partial charge in [-0.05, 0) is 26.0 Å². The van der Waals surface area contributed by atoms with Gasteiger partial charge in [0.1, 0.15) is 5.82 Å². The number of methoxy groups -OCH3 is 1. The van der Waals surface area contributed by atoms with Crippen molar-refractivity contribution in [3.05, 3.63) is 29.8 Å². The van der Waals surface area contributed by atoms with Crippen LogP contribution in [0.25, 0.3) is 0 Å². The van der Waals surface area contributed by atoms with E-state index in [1.165, 1.54) is 0 Å². The van der Waals surface area contributed by atoms with Crippen molar-refractivity contribution in [3.63, 3.8) is 0 Å². The second-order valence-corrected chi connectivity index (χ2v) is 5.07. The highest BCUT2D eigenvalue weighted by molar-refractivity contribution is 5.93. The number of hydrogen-bond acceptors (Lipinski definition) is 5. The molecule has 0 saturated heterocycles. The molecule has 130 valence electrons. The second-order valence-electron chi connectivity index (χ2n) is 5.07. The van der Waals surface area contributed by atoms with E-state index in [9.17, 15) is 0 Å². The molecule has 24 heavy (non-hydrogen) atoms. The minimum atomic E-state index is 0.519. The lowest BCUT2D eigenvalue weighted by atomic mass is 10.2. The highest BCUT2D eigenvalue weighted by Gasteiger charge is 2.09. The SMILES string of the molecule is CCOc1cc(NC(=NC)NCc2nnc(C)n2C)ccc1OC. The van der Waals surface area contributed by atoms with E-state index in [1.807, 2.05) is 43.7 Å². The molecule has 0 amide bonds. The number of nitrogens with one attached hydrogen (secondary N) is 2. The zero-order valence-electron chi connectivity index (χ0n) is 14.8. The Hall–Kier alpha value is -2.77. The third-order valence-corrected chi connectivity index (χ3v) is 3.55. The predicted molar refractivity (Wildman–Crippen MR) is 93.7 cm³/mol. The van der Waals surface area contributed by atoms with Crippen molar-refractivity contribution in [1.29, 1.82) is 0 Å². The van der Waals surface area contributed by atoms with Crippen LogP contribution in [0.4, 0.5) is 5.69 Å². The molecule has 0 aliphatic heterocycles. The normalized spacial score (nSPS) is 11.3. The second kappa shape index (κ2) is 8.19. The first kappa shape index (κ1) is 17.6. The van der Waals surface area contributed by atoms with E-state index in [-0.39, 0.29) is 0 Å². The summed E-state index contributed by atoms with van der Waals surface area (Å²) >= 11 is 0. The molecular weight excluding hydrogens is 308 g/mol. The zero-order valence-corrected chi connectivity index (χ0v) is 14.8. The fraction of sp³-hybridized carbons (Fsp3) is 0.438. The molecule has 1 aromatic carbocycles. The molecule has 2 N–H and O–H groups in total. The van der Waals surface area contributed by atoms with E-state index >= 15 is 0 Å². The molecule has 8 nitrogen and oxygen atoms in total. The maximum atomic E-state index is 5.58. The monoisotopic (exact) mass is 332 g/mol. The van der Waals surface area contributed by atoms with Gasteiger partial charge in [-0.15, -0.1) is 10.2 Å². The van der Waals surface area contributed by atoms with Crippen molar-refractivity contribution in [3.8, 4) is 11.5 Å². The van der Waals surface area contributed by atoms with Gasteiger partial charge in [-0.2, -0.15) is 0 Å². The van der Waals surface area contributed by atoms with Gasteiger partial charge in [-0.1, -0.05) is 0 Å². The number of ether oxygens (including phenoxy) is 2. The van der Waals surface area contributed by atoms with Crippen LogP contribution in [0.1, 0.15) is 18.6 Å². The van der Waals surface area contributed by atoms with Gasteiger partial charge in [0, 0.05) is 25.8 Å². The fourth-order valence-electron chi connectivity index (χ4n) is 2.11. The maximum Gasteiger partial charge on any atom is 0.195 e. The van der Waals surface area contributed by atoms with E-state index in [1.54, 1.807) is 14.2 Å². The Morgan fingerprint density at radius 2 is 2.08 bits per heavy atom. The van der Waals surface area contributed by atoms with Crippen LogP contribution in [0.15, 0.2) is 23.2 Å². The van der Waals surface area contributed by atoms with E-state index in [4.69, 9.17) is 9.47 Å². The Bertz CT molecular complexity index is 711. The molecular formula is C16H24N6O2. The zero-order chi connectivity index (χ0) is 17.5. The van der Waals surface area contributed by atoms with Crippen LogP contribution in [0.2, 0.25) is 0 Å². The molecule has 0 saturated carbocycles. The number of guanidine groups is 1. The number of aliphatic imine (C=N–C) groups is 1. The summed E-state index contributed by atoms with van der Waals surface area (Å²) in [6, 6.07) is 5.63. The van der Waals surface area contributed by atoms with Gasteiger partial charge in [0.25, 0.3) is 0 Å². The Kier molecular flexibility index (Phi) is 6.00. The van der Waals surface area contributed by atoms with Crippen LogP contribution < -0.4 is 20.1 Å².